The molecule has 0 radical (unpaired) electrons. The first kappa shape index (κ1) is 24.9. The van der Waals surface area contributed by atoms with Gasteiger partial charge in [0.15, 0.2) is 5.96 Å². The molecule has 29 heavy (non-hydrogen) atoms. The summed E-state index contributed by atoms with van der Waals surface area (Å²) in [7, 11) is 1.72. The van der Waals surface area contributed by atoms with E-state index in [1.807, 2.05) is 31.2 Å². The monoisotopic (exact) mass is 513 g/mol. The summed E-state index contributed by atoms with van der Waals surface area (Å²) >= 11 is 0. The van der Waals surface area contributed by atoms with E-state index in [0.29, 0.717) is 31.4 Å². The number of benzene rings is 1. The SMILES string of the molecule is CCCC(=O)Nc1ccc(CNC(=NC)NCc2ncc(C(C)(C)C)o2)cc1.I. The van der Waals surface area contributed by atoms with Crippen LogP contribution in [0.3, 0.4) is 0 Å². The Bertz CT molecular complexity index is 794. The lowest BCUT2D eigenvalue weighted by molar-refractivity contribution is -0.116. The number of anilines is 1. The van der Waals surface area contributed by atoms with Crippen LogP contribution in [0.2, 0.25) is 0 Å². The van der Waals surface area contributed by atoms with E-state index in [4.69, 9.17) is 4.42 Å². The molecule has 1 amide bonds. The number of aromatic nitrogens is 1. The Morgan fingerprint density at radius 2 is 1.79 bits per heavy atom. The molecule has 0 saturated carbocycles. The Balaban J connectivity index is 0.00000420. The van der Waals surface area contributed by atoms with Crippen LogP contribution >= 0.6 is 24.0 Å². The lowest BCUT2D eigenvalue weighted by atomic mass is 9.94. The van der Waals surface area contributed by atoms with E-state index in [1.54, 1.807) is 13.2 Å². The molecular weight excluding hydrogens is 481 g/mol. The van der Waals surface area contributed by atoms with Crippen LogP contribution in [-0.4, -0.2) is 23.9 Å². The number of nitrogens with zero attached hydrogens (tertiary/aromatic N) is 2. The number of hydrogen-bond acceptors (Lipinski definition) is 4. The van der Waals surface area contributed by atoms with Crippen molar-refractivity contribution in [1.29, 1.82) is 0 Å². The van der Waals surface area contributed by atoms with Crippen LogP contribution in [0.4, 0.5) is 5.69 Å². The molecule has 0 spiro atoms. The number of rotatable bonds is 7. The third-order valence-corrected chi connectivity index (χ3v) is 4.10. The van der Waals surface area contributed by atoms with E-state index in [-0.39, 0.29) is 35.3 Å². The van der Waals surface area contributed by atoms with Crippen LogP contribution in [0.5, 0.6) is 0 Å². The molecule has 0 bridgehead atoms. The zero-order valence-electron chi connectivity index (χ0n) is 17.8. The normalized spacial score (nSPS) is 11.6. The van der Waals surface area contributed by atoms with E-state index < -0.39 is 0 Å². The minimum Gasteiger partial charge on any atom is -0.443 e. The van der Waals surface area contributed by atoms with E-state index in [9.17, 15) is 4.79 Å². The van der Waals surface area contributed by atoms with Crippen LogP contribution in [0.1, 0.15) is 57.8 Å². The van der Waals surface area contributed by atoms with E-state index in [1.165, 1.54) is 0 Å². The summed E-state index contributed by atoms with van der Waals surface area (Å²) in [4.78, 5) is 20.2. The first-order valence-corrected chi connectivity index (χ1v) is 9.60. The number of guanidine groups is 1. The third-order valence-electron chi connectivity index (χ3n) is 4.10. The van der Waals surface area contributed by atoms with Crippen molar-refractivity contribution >= 4 is 41.5 Å². The fraction of sp³-hybridized carbons (Fsp3) is 0.476. The predicted octanol–water partition coefficient (Wildman–Crippen LogP) is 4.19. The lowest BCUT2D eigenvalue weighted by Gasteiger charge is -2.13. The number of oxazole rings is 1. The lowest BCUT2D eigenvalue weighted by Crippen LogP contribution is -2.36. The number of aliphatic imine (C=N–C) groups is 1. The van der Waals surface area contributed by atoms with E-state index in [0.717, 1.165) is 23.4 Å². The highest BCUT2D eigenvalue weighted by molar-refractivity contribution is 14.0. The van der Waals surface area contributed by atoms with Gasteiger partial charge in [-0.15, -0.1) is 24.0 Å². The second kappa shape index (κ2) is 11.8. The minimum atomic E-state index is -0.0622. The molecule has 0 aliphatic heterocycles. The summed E-state index contributed by atoms with van der Waals surface area (Å²) in [5.41, 5.74) is 1.83. The molecule has 2 aromatic rings. The predicted molar refractivity (Wildman–Crippen MR) is 128 cm³/mol. The van der Waals surface area contributed by atoms with Crippen LogP contribution < -0.4 is 16.0 Å². The van der Waals surface area contributed by atoms with Crippen molar-refractivity contribution in [3.63, 3.8) is 0 Å². The Labute approximate surface area is 190 Å². The summed E-state index contributed by atoms with van der Waals surface area (Å²) < 4.78 is 5.78. The standard InChI is InChI=1S/C21H31N5O2.HI/c1-6-7-18(27)26-16-10-8-15(9-11-16)12-24-20(22-5)25-14-19-23-13-17(28-19)21(2,3)4;/h8-11,13H,6-7,12,14H2,1-5H3,(H,26,27)(H2,22,24,25);1H. The van der Waals surface area contributed by atoms with Crippen molar-refractivity contribution in [2.45, 2.75) is 59.0 Å². The fourth-order valence-corrected chi connectivity index (χ4v) is 2.46. The molecule has 7 nitrogen and oxygen atoms in total. The molecule has 0 atom stereocenters. The van der Waals surface area contributed by atoms with Gasteiger partial charge in [0.25, 0.3) is 0 Å². The molecule has 160 valence electrons. The Hall–Kier alpha value is -2.10. The number of amides is 1. The number of carbonyl (C=O) groups excluding carboxylic acids is 1. The molecule has 0 saturated heterocycles. The summed E-state index contributed by atoms with van der Waals surface area (Å²) in [5.74, 6) is 2.19. The van der Waals surface area contributed by atoms with Gasteiger partial charge in [-0.3, -0.25) is 9.79 Å². The van der Waals surface area contributed by atoms with Gasteiger partial charge in [-0.2, -0.15) is 0 Å². The van der Waals surface area contributed by atoms with Crippen LogP contribution in [0.15, 0.2) is 39.9 Å². The van der Waals surface area contributed by atoms with Crippen LogP contribution in [-0.2, 0) is 23.3 Å². The minimum absolute atomic E-state index is 0. The van der Waals surface area contributed by atoms with Gasteiger partial charge in [0.2, 0.25) is 11.8 Å². The van der Waals surface area contributed by atoms with Gasteiger partial charge >= 0.3 is 0 Å². The largest absolute Gasteiger partial charge is 0.443 e. The van der Waals surface area contributed by atoms with Gasteiger partial charge in [0.1, 0.15) is 5.76 Å². The average Bonchev–Trinajstić information content (AvgIpc) is 3.13. The second-order valence-corrected chi connectivity index (χ2v) is 7.64. The highest BCUT2D eigenvalue weighted by Gasteiger charge is 2.19. The zero-order chi connectivity index (χ0) is 20.6. The molecule has 8 heteroatoms. The van der Waals surface area contributed by atoms with E-state index >= 15 is 0 Å². The molecule has 1 aromatic carbocycles. The maximum Gasteiger partial charge on any atom is 0.224 e. The van der Waals surface area contributed by atoms with Gasteiger partial charge in [-0.1, -0.05) is 39.8 Å². The van der Waals surface area contributed by atoms with Gasteiger partial charge in [-0.05, 0) is 24.1 Å². The molecule has 1 aromatic heterocycles. The van der Waals surface area contributed by atoms with Crippen LogP contribution in [0.25, 0.3) is 0 Å². The maximum absolute atomic E-state index is 11.6. The molecule has 0 unspecified atom stereocenters. The number of halogens is 1. The summed E-state index contributed by atoms with van der Waals surface area (Å²) in [6.45, 7) is 9.32. The van der Waals surface area contributed by atoms with Gasteiger partial charge in [0, 0.05) is 31.1 Å². The summed E-state index contributed by atoms with van der Waals surface area (Å²) in [6, 6.07) is 7.76. The molecule has 0 aliphatic rings. The number of hydrogen-bond donors (Lipinski definition) is 3. The fourth-order valence-electron chi connectivity index (χ4n) is 2.46. The summed E-state index contributed by atoms with van der Waals surface area (Å²) in [6.07, 6.45) is 3.14. The molecule has 3 N–H and O–H groups in total. The smallest absolute Gasteiger partial charge is 0.224 e. The van der Waals surface area contributed by atoms with Crippen LogP contribution in [0, 0.1) is 0 Å². The highest BCUT2D eigenvalue weighted by atomic mass is 127. The second-order valence-electron chi connectivity index (χ2n) is 7.64. The molecule has 0 fully saturated rings. The number of nitrogens with one attached hydrogen (secondary N) is 3. The Morgan fingerprint density at radius 3 is 2.34 bits per heavy atom. The van der Waals surface area contributed by atoms with E-state index in [2.05, 4.69) is 46.7 Å². The molecular formula is C21H32IN5O2. The first-order valence-electron chi connectivity index (χ1n) is 9.60. The van der Waals surface area contributed by atoms with Gasteiger partial charge < -0.3 is 20.4 Å². The Kier molecular flexibility index (Phi) is 10.1. The van der Waals surface area contributed by atoms with Crippen molar-refractivity contribution in [2.24, 2.45) is 4.99 Å². The average molecular weight is 513 g/mol. The molecule has 2 rings (SSSR count). The van der Waals surface area contributed by atoms with Crippen molar-refractivity contribution < 1.29 is 9.21 Å². The maximum atomic E-state index is 11.6. The van der Waals surface area contributed by atoms with Gasteiger partial charge in [-0.25, -0.2) is 4.98 Å². The number of carbonyl (C=O) groups is 1. The first-order chi connectivity index (χ1) is 13.3. The highest BCUT2D eigenvalue weighted by Crippen LogP contribution is 2.22. The molecule has 1 heterocycles. The Morgan fingerprint density at radius 1 is 1.14 bits per heavy atom. The van der Waals surface area contributed by atoms with Crippen molar-refractivity contribution in [2.75, 3.05) is 12.4 Å². The topological polar surface area (TPSA) is 91.5 Å². The summed E-state index contributed by atoms with van der Waals surface area (Å²) in [5, 5.41) is 9.34. The van der Waals surface area contributed by atoms with Gasteiger partial charge in [0.05, 0.1) is 12.7 Å². The molecule has 0 aliphatic carbocycles. The third kappa shape index (κ3) is 8.43. The van der Waals surface area contributed by atoms with Crippen molar-refractivity contribution in [3.05, 3.63) is 47.7 Å². The van der Waals surface area contributed by atoms with Crippen molar-refractivity contribution in [1.82, 2.24) is 15.6 Å². The zero-order valence-corrected chi connectivity index (χ0v) is 20.2. The quantitative estimate of drug-likeness (QED) is 0.294. The van der Waals surface area contributed by atoms with Crippen molar-refractivity contribution in [3.8, 4) is 0 Å².